The third-order valence-electron chi connectivity index (χ3n) is 1.02. The molecule has 0 aliphatic carbocycles. The first kappa shape index (κ1) is 12.0. The fraction of sp³-hybridized carbons (Fsp3) is 0.500. The molecule has 0 aromatic carbocycles. The molecule has 0 unspecified atom stereocenters. The topological polar surface area (TPSA) is 63.6 Å². The van der Waals surface area contributed by atoms with Gasteiger partial charge in [-0.05, 0) is 12.3 Å². The molecule has 0 aliphatic heterocycles. The summed E-state index contributed by atoms with van der Waals surface area (Å²) < 4.78 is 4.61. The van der Waals surface area contributed by atoms with Gasteiger partial charge in [-0.25, -0.2) is 4.79 Å². The minimum Gasteiger partial charge on any atom is -0.481 e. The Balaban J connectivity index is 3.40. The number of thioether (sulfide) groups is 1. The summed E-state index contributed by atoms with van der Waals surface area (Å²) >= 11 is 1.27. The highest BCUT2D eigenvalue weighted by atomic mass is 32.2. The third kappa shape index (κ3) is 8.94. The molecule has 13 heavy (non-hydrogen) atoms. The van der Waals surface area contributed by atoms with Gasteiger partial charge in [0.1, 0.15) is 0 Å². The number of carbonyl (C=O) groups excluding carboxylic acids is 1. The summed E-state index contributed by atoms with van der Waals surface area (Å²) in [6, 6.07) is 0. The predicted octanol–water partition coefficient (Wildman–Crippen LogP) is 1.27. The number of hydrogen-bond donors (Lipinski definition) is 1. The zero-order valence-electron chi connectivity index (χ0n) is 7.36. The molecular formula is C8H12O4S. The number of ether oxygens (including phenoxy) is 1. The summed E-state index contributed by atoms with van der Waals surface area (Å²) in [7, 11) is 0. The standard InChI is InChI=1S/C8H12O4S/c1-2-12-8(11)4-6-13-5-3-7(9)10/h4,6H,2-3,5H2,1H3,(H,9,10). The van der Waals surface area contributed by atoms with E-state index in [1.54, 1.807) is 12.3 Å². The van der Waals surface area contributed by atoms with Gasteiger partial charge in [-0.15, -0.1) is 11.8 Å². The van der Waals surface area contributed by atoms with Crippen LogP contribution in [-0.2, 0) is 14.3 Å². The second kappa shape index (κ2) is 7.67. The summed E-state index contributed by atoms with van der Waals surface area (Å²) in [5.41, 5.74) is 0. The van der Waals surface area contributed by atoms with E-state index < -0.39 is 11.9 Å². The molecule has 0 amide bonds. The molecule has 0 bridgehead atoms. The van der Waals surface area contributed by atoms with Gasteiger partial charge >= 0.3 is 11.9 Å². The Morgan fingerprint density at radius 3 is 2.77 bits per heavy atom. The Bertz CT molecular complexity index is 200. The molecule has 1 N–H and O–H groups in total. The minimum atomic E-state index is -0.836. The van der Waals surface area contributed by atoms with Crippen molar-refractivity contribution in [2.24, 2.45) is 0 Å². The van der Waals surface area contributed by atoms with Crippen LogP contribution in [0.15, 0.2) is 11.5 Å². The fourth-order valence-electron chi connectivity index (χ4n) is 0.508. The predicted molar refractivity (Wildman–Crippen MR) is 50.5 cm³/mol. The van der Waals surface area contributed by atoms with Crippen molar-refractivity contribution in [2.75, 3.05) is 12.4 Å². The van der Waals surface area contributed by atoms with Gasteiger partial charge in [0.25, 0.3) is 0 Å². The number of rotatable bonds is 6. The van der Waals surface area contributed by atoms with Crippen molar-refractivity contribution < 1.29 is 19.4 Å². The van der Waals surface area contributed by atoms with Crippen molar-refractivity contribution in [1.29, 1.82) is 0 Å². The first-order chi connectivity index (χ1) is 6.16. The quantitative estimate of drug-likeness (QED) is 0.401. The lowest BCUT2D eigenvalue weighted by Gasteiger charge is -1.94. The van der Waals surface area contributed by atoms with Gasteiger partial charge in [0.15, 0.2) is 0 Å². The van der Waals surface area contributed by atoms with E-state index in [1.807, 2.05) is 0 Å². The van der Waals surface area contributed by atoms with E-state index in [0.29, 0.717) is 12.4 Å². The molecular weight excluding hydrogens is 192 g/mol. The highest BCUT2D eigenvalue weighted by molar-refractivity contribution is 8.02. The summed E-state index contributed by atoms with van der Waals surface area (Å²) in [6.07, 6.45) is 1.38. The van der Waals surface area contributed by atoms with E-state index in [-0.39, 0.29) is 6.42 Å². The number of esters is 1. The third-order valence-corrected chi connectivity index (χ3v) is 1.79. The van der Waals surface area contributed by atoms with Gasteiger partial charge in [-0.1, -0.05) is 0 Å². The van der Waals surface area contributed by atoms with Gasteiger partial charge in [0, 0.05) is 11.8 Å². The first-order valence-corrected chi connectivity index (χ1v) is 4.88. The maximum absolute atomic E-state index is 10.7. The molecule has 0 spiro atoms. The van der Waals surface area contributed by atoms with Gasteiger partial charge in [0.2, 0.25) is 0 Å². The Kier molecular flexibility index (Phi) is 7.10. The van der Waals surface area contributed by atoms with Crippen LogP contribution in [0.4, 0.5) is 0 Å². The highest BCUT2D eigenvalue weighted by Gasteiger charge is 1.95. The number of hydrogen-bond acceptors (Lipinski definition) is 4. The smallest absolute Gasteiger partial charge is 0.331 e. The van der Waals surface area contributed by atoms with E-state index in [2.05, 4.69) is 4.74 Å². The van der Waals surface area contributed by atoms with Crippen LogP contribution in [0.2, 0.25) is 0 Å². The summed E-state index contributed by atoms with van der Waals surface area (Å²) in [4.78, 5) is 20.8. The average molecular weight is 204 g/mol. The van der Waals surface area contributed by atoms with Crippen LogP contribution < -0.4 is 0 Å². The van der Waals surface area contributed by atoms with Crippen LogP contribution in [-0.4, -0.2) is 29.4 Å². The number of carbonyl (C=O) groups is 2. The number of carboxylic acids is 1. The van der Waals surface area contributed by atoms with Crippen LogP contribution >= 0.6 is 11.8 Å². The summed E-state index contributed by atoms with van der Waals surface area (Å²) in [5.74, 6) is -0.770. The summed E-state index contributed by atoms with van der Waals surface area (Å²) in [5, 5.41) is 9.82. The Morgan fingerprint density at radius 1 is 1.54 bits per heavy atom. The summed E-state index contributed by atoms with van der Waals surface area (Å²) in [6.45, 7) is 2.08. The number of carboxylic acid groups (broad SMARTS) is 1. The lowest BCUT2D eigenvalue weighted by atomic mass is 10.5. The molecule has 0 aliphatic rings. The molecule has 4 nitrogen and oxygen atoms in total. The molecule has 0 atom stereocenters. The Labute approximate surface area is 81.0 Å². The molecule has 0 rings (SSSR count). The van der Waals surface area contributed by atoms with Crippen LogP contribution in [0.1, 0.15) is 13.3 Å². The van der Waals surface area contributed by atoms with Crippen LogP contribution in [0.25, 0.3) is 0 Å². The van der Waals surface area contributed by atoms with Crippen LogP contribution in [0, 0.1) is 0 Å². The second-order valence-electron chi connectivity index (χ2n) is 2.07. The van der Waals surface area contributed by atoms with Crippen LogP contribution in [0.3, 0.4) is 0 Å². The molecule has 0 aromatic rings. The van der Waals surface area contributed by atoms with Crippen molar-refractivity contribution in [3.05, 3.63) is 11.5 Å². The Hall–Kier alpha value is -0.970. The lowest BCUT2D eigenvalue weighted by Crippen LogP contribution is -1.98. The monoisotopic (exact) mass is 204 g/mol. The molecule has 5 heteroatoms. The number of aliphatic carboxylic acids is 1. The van der Waals surface area contributed by atoms with Gasteiger partial charge in [0.05, 0.1) is 13.0 Å². The minimum absolute atomic E-state index is 0.0951. The van der Waals surface area contributed by atoms with Gasteiger partial charge < -0.3 is 9.84 Å². The maximum atomic E-state index is 10.7. The molecule has 0 heterocycles. The molecule has 0 fully saturated rings. The zero-order valence-corrected chi connectivity index (χ0v) is 8.17. The molecule has 0 aromatic heterocycles. The van der Waals surface area contributed by atoms with Crippen molar-refractivity contribution >= 4 is 23.7 Å². The Morgan fingerprint density at radius 2 is 2.23 bits per heavy atom. The molecule has 74 valence electrons. The second-order valence-corrected chi connectivity index (χ2v) is 3.08. The van der Waals surface area contributed by atoms with Crippen molar-refractivity contribution in [2.45, 2.75) is 13.3 Å². The highest BCUT2D eigenvalue weighted by Crippen LogP contribution is 2.03. The van der Waals surface area contributed by atoms with Gasteiger partial charge in [-0.3, -0.25) is 4.79 Å². The van der Waals surface area contributed by atoms with Gasteiger partial charge in [-0.2, -0.15) is 0 Å². The normalized spacial score (nSPS) is 10.2. The molecule has 0 radical (unpaired) electrons. The van der Waals surface area contributed by atoms with E-state index in [0.717, 1.165) is 0 Å². The van der Waals surface area contributed by atoms with E-state index in [4.69, 9.17) is 5.11 Å². The molecule has 0 saturated carbocycles. The van der Waals surface area contributed by atoms with E-state index in [9.17, 15) is 9.59 Å². The van der Waals surface area contributed by atoms with E-state index >= 15 is 0 Å². The van der Waals surface area contributed by atoms with Crippen molar-refractivity contribution in [1.82, 2.24) is 0 Å². The van der Waals surface area contributed by atoms with E-state index in [1.165, 1.54) is 17.8 Å². The zero-order chi connectivity index (χ0) is 10.1. The average Bonchev–Trinajstić information content (AvgIpc) is 2.03. The van der Waals surface area contributed by atoms with Crippen LogP contribution in [0.5, 0.6) is 0 Å². The lowest BCUT2D eigenvalue weighted by molar-refractivity contribution is -0.137. The van der Waals surface area contributed by atoms with Crippen molar-refractivity contribution in [3.8, 4) is 0 Å². The molecule has 0 saturated heterocycles. The van der Waals surface area contributed by atoms with Crippen molar-refractivity contribution in [3.63, 3.8) is 0 Å². The SMILES string of the molecule is CCOC(=O)C=CSCCC(=O)O. The maximum Gasteiger partial charge on any atom is 0.331 e. The first-order valence-electron chi connectivity index (χ1n) is 3.83. The fourth-order valence-corrected chi connectivity index (χ4v) is 1.14. The largest absolute Gasteiger partial charge is 0.481 e.